The number of carbonyl (C=O) groups is 3. The summed E-state index contributed by atoms with van der Waals surface area (Å²) in [5.74, 6) is -1.07. The van der Waals surface area contributed by atoms with Gasteiger partial charge in [0.1, 0.15) is 6.54 Å². The Labute approximate surface area is 122 Å². The van der Waals surface area contributed by atoms with Gasteiger partial charge in [-0.2, -0.15) is 0 Å². The minimum atomic E-state index is -0.985. The second-order valence-electron chi connectivity index (χ2n) is 4.90. The zero-order valence-electron chi connectivity index (χ0n) is 11.7. The number of aromatic carboxylic acids is 1. The molecule has 0 radical (unpaired) electrons. The molecular weight excluding hydrogens is 274 g/mol. The van der Waals surface area contributed by atoms with Gasteiger partial charge in [0.25, 0.3) is 0 Å². The smallest absolute Gasteiger partial charge is 0.335 e. The maximum Gasteiger partial charge on any atom is 0.335 e. The molecule has 1 aromatic rings. The van der Waals surface area contributed by atoms with Crippen LogP contribution in [-0.4, -0.2) is 59.5 Å². The standard InChI is InChI=1S/C14H17N3O4/c1-16-6-7-17(9-12(16)18)14(21)15-8-10-2-4-11(5-3-10)13(19)20/h2-5H,6-9H2,1H3,(H,15,21)(H,19,20). The quantitative estimate of drug-likeness (QED) is 0.842. The van der Waals surface area contributed by atoms with Crippen LogP contribution in [0.5, 0.6) is 0 Å². The van der Waals surface area contributed by atoms with E-state index in [-0.39, 0.29) is 24.0 Å². The van der Waals surface area contributed by atoms with Crippen LogP contribution in [0, 0.1) is 0 Å². The van der Waals surface area contributed by atoms with E-state index in [1.165, 1.54) is 17.0 Å². The van der Waals surface area contributed by atoms with Gasteiger partial charge in [-0.25, -0.2) is 9.59 Å². The second-order valence-corrected chi connectivity index (χ2v) is 4.90. The number of carboxylic acid groups (broad SMARTS) is 1. The molecule has 1 aromatic carbocycles. The van der Waals surface area contributed by atoms with Crippen molar-refractivity contribution < 1.29 is 19.5 Å². The number of benzene rings is 1. The molecule has 0 aliphatic carbocycles. The summed E-state index contributed by atoms with van der Waals surface area (Å²) in [5, 5.41) is 11.5. The van der Waals surface area contributed by atoms with Crippen LogP contribution in [0.3, 0.4) is 0 Å². The molecule has 0 unspecified atom stereocenters. The first kappa shape index (κ1) is 14.8. The average molecular weight is 291 g/mol. The van der Waals surface area contributed by atoms with E-state index in [1.807, 2.05) is 0 Å². The lowest BCUT2D eigenvalue weighted by molar-refractivity contribution is -0.133. The molecule has 0 bridgehead atoms. The SMILES string of the molecule is CN1CCN(C(=O)NCc2ccc(C(=O)O)cc2)CC1=O. The molecule has 21 heavy (non-hydrogen) atoms. The molecule has 0 spiro atoms. The summed E-state index contributed by atoms with van der Waals surface area (Å²) in [6.45, 7) is 1.41. The second kappa shape index (κ2) is 6.25. The van der Waals surface area contributed by atoms with E-state index < -0.39 is 5.97 Å². The zero-order valence-corrected chi connectivity index (χ0v) is 11.7. The molecule has 1 fully saturated rings. The van der Waals surface area contributed by atoms with Gasteiger partial charge < -0.3 is 20.2 Å². The predicted octanol–water partition coefficient (Wildman–Crippen LogP) is 0.368. The highest BCUT2D eigenvalue weighted by Crippen LogP contribution is 2.05. The summed E-state index contributed by atoms with van der Waals surface area (Å²) in [6, 6.07) is 5.99. The van der Waals surface area contributed by atoms with Crippen molar-refractivity contribution in [2.24, 2.45) is 0 Å². The third kappa shape index (κ3) is 3.71. The molecule has 7 heteroatoms. The number of piperazine rings is 1. The predicted molar refractivity (Wildman–Crippen MR) is 74.8 cm³/mol. The normalized spacial score (nSPS) is 15.0. The van der Waals surface area contributed by atoms with Crippen LogP contribution in [0.1, 0.15) is 15.9 Å². The molecule has 0 atom stereocenters. The Bertz CT molecular complexity index is 556. The van der Waals surface area contributed by atoms with E-state index in [4.69, 9.17) is 5.11 Å². The maximum atomic E-state index is 11.9. The van der Waals surface area contributed by atoms with Gasteiger partial charge in [0, 0.05) is 26.7 Å². The Morgan fingerprint density at radius 3 is 2.48 bits per heavy atom. The molecule has 1 aliphatic rings. The largest absolute Gasteiger partial charge is 0.478 e. The number of carboxylic acids is 1. The molecule has 1 aliphatic heterocycles. The third-order valence-corrected chi connectivity index (χ3v) is 3.39. The molecule has 2 N–H and O–H groups in total. The lowest BCUT2D eigenvalue weighted by atomic mass is 10.1. The highest BCUT2D eigenvalue weighted by atomic mass is 16.4. The fourth-order valence-electron chi connectivity index (χ4n) is 1.99. The van der Waals surface area contributed by atoms with Gasteiger partial charge in [-0.15, -0.1) is 0 Å². The monoisotopic (exact) mass is 291 g/mol. The van der Waals surface area contributed by atoms with Crippen LogP contribution in [-0.2, 0) is 11.3 Å². The number of amides is 3. The molecular formula is C14H17N3O4. The first-order chi connectivity index (χ1) is 9.97. The molecule has 1 heterocycles. The Morgan fingerprint density at radius 2 is 1.90 bits per heavy atom. The summed E-state index contributed by atoms with van der Waals surface area (Å²) in [7, 11) is 1.71. The highest BCUT2D eigenvalue weighted by Gasteiger charge is 2.24. The van der Waals surface area contributed by atoms with Crippen molar-refractivity contribution in [3.05, 3.63) is 35.4 Å². The fraction of sp³-hybridized carbons (Fsp3) is 0.357. The number of nitrogens with one attached hydrogen (secondary N) is 1. The average Bonchev–Trinajstić information content (AvgIpc) is 2.48. The van der Waals surface area contributed by atoms with Crippen LogP contribution in [0.2, 0.25) is 0 Å². The number of urea groups is 1. The van der Waals surface area contributed by atoms with Crippen LogP contribution >= 0.6 is 0 Å². The molecule has 1 saturated heterocycles. The van der Waals surface area contributed by atoms with Crippen LogP contribution in [0.15, 0.2) is 24.3 Å². The lowest BCUT2D eigenvalue weighted by Crippen LogP contribution is -2.53. The number of carbonyl (C=O) groups excluding carboxylic acids is 2. The molecule has 7 nitrogen and oxygen atoms in total. The first-order valence-corrected chi connectivity index (χ1v) is 6.56. The maximum absolute atomic E-state index is 11.9. The van der Waals surface area contributed by atoms with Gasteiger partial charge >= 0.3 is 12.0 Å². The summed E-state index contributed by atoms with van der Waals surface area (Å²) in [4.78, 5) is 37.3. The van der Waals surface area contributed by atoms with E-state index in [2.05, 4.69) is 5.32 Å². The third-order valence-electron chi connectivity index (χ3n) is 3.39. The van der Waals surface area contributed by atoms with E-state index in [0.29, 0.717) is 19.6 Å². The van der Waals surface area contributed by atoms with Gasteiger partial charge in [0.05, 0.1) is 5.56 Å². The topological polar surface area (TPSA) is 89.9 Å². The van der Waals surface area contributed by atoms with Crippen molar-refractivity contribution in [2.45, 2.75) is 6.54 Å². The van der Waals surface area contributed by atoms with Crippen LogP contribution in [0.25, 0.3) is 0 Å². The summed E-state index contributed by atoms with van der Waals surface area (Å²) >= 11 is 0. The summed E-state index contributed by atoms with van der Waals surface area (Å²) in [6.07, 6.45) is 0. The highest BCUT2D eigenvalue weighted by molar-refractivity contribution is 5.87. The van der Waals surface area contributed by atoms with Crippen molar-refractivity contribution in [2.75, 3.05) is 26.7 Å². The van der Waals surface area contributed by atoms with Gasteiger partial charge in [-0.05, 0) is 17.7 Å². The minimum absolute atomic E-state index is 0.0813. The van der Waals surface area contributed by atoms with E-state index in [9.17, 15) is 14.4 Å². The van der Waals surface area contributed by atoms with E-state index in [0.717, 1.165) is 5.56 Å². The molecule has 3 amide bonds. The summed E-state index contributed by atoms with van der Waals surface area (Å²) < 4.78 is 0. The van der Waals surface area contributed by atoms with E-state index in [1.54, 1.807) is 24.1 Å². The lowest BCUT2D eigenvalue weighted by Gasteiger charge is -2.31. The first-order valence-electron chi connectivity index (χ1n) is 6.56. The Hall–Kier alpha value is -2.57. The van der Waals surface area contributed by atoms with Crippen molar-refractivity contribution in [1.29, 1.82) is 0 Å². The Kier molecular flexibility index (Phi) is 4.42. The van der Waals surface area contributed by atoms with Crippen LogP contribution < -0.4 is 5.32 Å². The number of rotatable bonds is 3. The number of nitrogens with zero attached hydrogens (tertiary/aromatic N) is 2. The van der Waals surface area contributed by atoms with Crippen LogP contribution in [0.4, 0.5) is 4.79 Å². The molecule has 0 saturated carbocycles. The van der Waals surface area contributed by atoms with Crippen molar-refractivity contribution in [1.82, 2.24) is 15.1 Å². The fourth-order valence-corrected chi connectivity index (χ4v) is 1.99. The van der Waals surface area contributed by atoms with Gasteiger partial charge in [0.15, 0.2) is 0 Å². The zero-order chi connectivity index (χ0) is 15.4. The molecule has 0 aromatic heterocycles. The van der Waals surface area contributed by atoms with Crippen molar-refractivity contribution in [3.8, 4) is 0 Å². The Balaban J connectivity index is 1.86. The minimum Gasteiger partial charge on any atom is -0.478 e. The Morgan fingerprint density at radius 1 is 1.24 bits per heavy atom. The van der Waals surface area contributed by atoms with Crippen molar-refractivity contribution >= 4 is 17.9 Å². The van der Waals surface area contributed by atoms with Gasteiger partial charge in [-0.1, -0.05) is 12.1 Å². The number of likely N-dealkylation sites (N-methyl/N-ethyl adjacent to an activating group) is 1. The van der Waals surface area contributed by atoms with E-state index >= 15 is 0 Å². The summed E-state index contributed by atoms with van der Waals surface area (Å²) in [5.41, 5.74) is 1.00. The van der Waals surface area contributed by atoms with Crippen molar-refractivity contribution in [3.63, 3.8) is 0 Å². The number of hydrogen-bond acceptors (Lipinski definition) is 3. The van der Waals surface area contributed by atoms with Gasteiger partial charge in [-0.3, -0.25) is 4.79 Å². The molecule has 2 rings (SSSR count). The molecule has 112 valence electrons. The number of hydrogen-bond donors (Lipinski definition) is 2. The van der Waals surface area contributed by atoms with Gasteiger partial charge in [0.2, 0.25) is 5.91 Å².